The average Bonchev–Trinajstić information content (AvgIpc) is 2.29. The Morgan fingerprint density at radius 3 is 2.00 bits per heavy atom. The normalized spacial score (nSPS) is 12.5. The van der Waals surface area contributed by atoms with Crippen LogP contribution < -0.4 is 0 Å². The third kappa shape index (κ3) is 4.18. The van der Waals surface area contributed by atoms with E-state index in [-0.39, 0.29) is 11.0 Å². The van der Waals surface area contributed by atoms with Gasteiger partial charge in [-0.15, -0.1) is 0 Å². The first kappa shape index (κ1) is 17.9. The standard InChI is InChI=1S/C9H18O5Si.H4Si/c1-6-8(10)14-9(7-2)15(11-3,12-4)13-5;/h6,9H,1,7H2,2-5H3;1H4. The number of hydrogen-bond acceptors (Lipinski definition) is 5. The smallest absolute Gasteiger partial charge is 0.455 e. The lowest BCUT2D eigenvalue weighted by atomic mass is 10.5. The number of ether oxygens (including phenoxy) is 1. The molecule has 0 aliphatic rings. The summed E-state index contributed by atoms with van der Waals surface area (Å²) in [6, 6.07) is 0. The zero-order valence-corrected chi connectivity index (χ0v) is 10.6. The van der Waals surface area contributed by atoms with Crippen molar-refractivity contribution in [2.24, 2.45) is 0 Å². The molecule has 0 rings (SSSR count). The molecule has 0 saturated carbocycles. The molecule has 0 heterocycles. The van der Waals surface area contributed by atoms with Gasteiger partial charge in [0, 0.05) is 27.4 Å². The fourth-order valence-electron chi connectivity index (χ4n) is 1.24. The van der Waals surface area contributed by atoms with Crippen molar-refractivity contribution in [3.8, 4) is 0 Å². The Morgan fingerprint density at radius 1 is 1.31 bits per heavy atom. The molecule has 0 N–H and O–H groups in total. The molecule has 0 amide bonds. The Morgan fingerprint density at radius 2 is 1.75 bits per heavy atom. The third-order valence-electron chi connectivity index (χ3n) is 2.04. The van der Waals surface area contributed by atoms with Crippen LogP contribution in [0.4, 0.5) is 0 Å². The van der Waals surface area contributed by atoms with Gasteiger partial charge in [-0.3, -0.25) is 0 Å². The van der Waals surface area contributed by atoms with Crippen LogP contribution in [0.15, 0.2) is 12.7 Å². The van der Waals surface area contributed by atoms with Crippen molar-refractivity contribution < 1.29 is 22.8 Å². The minimum Gasteiger partial charge on any atom is -0.455 e. The summed E-state index contributed by atoms with van der Waals surface area (Å²) in [7, 11) is 1.51. The number of carbonyl (C=O) groups is 1. The summed E-state index contributed by atoms with van der Waals surface area (Å²) in [6.07, 6.45) is 1.66. The van der Waals surface area contributed by atoms with Gasteiger partial charge < -0.3 is 18.0 Å². The van der Waals surface area contributed by atoms with E-state index >= 15 is 0 Å². The molecule has 7 heteroatoms. The summed E-state index contributed by atoms with van der Waals surface area (Å²) in [6.45, 7) is 5.19. The van der Waals surface area contributed by atoms with Crippen LogP contribution in [0.1, 0.15) is 13.3 Å². The highest BCUT2D eigenvalue weighted by atomic mass is 28.4. The zero-order chi connectivity index (χ0) is 11.9. The Balaban J connectivity index is 0. The maximum Gasteiger partial charge on any atom is 0.543 e. The van der Waals surface area contributed by atoms with Gasteiger partial charge in [0.1, 0.15) is 0 Å². The molecule has 0 radical (unpaired) electrons. The summed E-state index contributed by atoms with van der Waals surface area (Å²) in [5.74, 6) is -0.509. The first-order valence-corrected chi connectivity index (χ1v) is 6.38. The molecule has 1 unspecified atom stereocenters. The monoisotopic (exact) mass is 266 g/mol. The number of esters is 1. The molecule has 0 aliphatic carbocycles. The van der Waals surface area contributed by atoms with Crippen molar-refractivity contribution in [2.45, 2.75) is 19.1 Å². The van der Waals surface area contributed by atoms with E-state index in [0.29, 0.717) is 6.42 Å². The average molecular weight is 266 g/mol. The van der Waals surface area contributed by atoms with Gasteiger partial charge in [0.25, 0.3) is 0 Å². The van der Waals surface area contributed by atoms with Gasteiger partial charge in [0.15, 0.2) is 5.73 Å². The van der Waals surface area contributed by atoms with E-state index in [9.17, 15) is 4.79 Å². The molecule has 0 aliphatic heterocycles. The fraction of sp³-hybridized carbons (Fsp3) is 0.667. The molecule has 16 heavy (non-hydrogen) atoms. The maximum absolute atomic E-state index is 11.1. The largest absolute Gasteiger partial charge is 0.543 e. The van der Waals surface area contributed by atoms with E-state index in [1.165, 1.54) is 21.3 Å². The van der Waals surface area contributed by atoms with Gasteiger partial charge in [0.2, 0.25) is 0 Å². The van der Waals surface area contributed by atoms with Crippen LogP contribution in [-0.2, 0) is 22.8 Å². The highest BCUT2D eigenvalue weighted by molar-refractivity contribution is 6.62. The second-order valence-corrected chi connectivity index (χ2v) is 5.83. The summed E-state index contributed by atoms with van der Waals surface area (Å²) in [5.41, 5.74) is -0.511. The van der Waals surface area contributed by atoms with Crippen molar-refractivity contribution in [3.63, 3.8) is 0 Å². The second kappa shape index (κ2) is 8.65. The van der Waals surface area contributed by atoms with E-state index in [1.807, 2.05) is 6.92 Å². The van der Waals surface area contributed by atoms with E-state index < -0.39 is 20.5 Å². The van der Waals surface area contributed by atoms with Crippen LogP contribution in [0, 0.1) is 0 Å². The van der Waals surface area contributed by atoms with Gasteiger partial charge in [-0.25, -0.2) is 4.79 Å². The first-order valence-electron chi connectivity index (χ1n) is 4.58. The lowest BCUT2D eigenvalue weighted by Crippen LogP contribution is -2.55. The quantitative estimate of drug-likeness (QED) is 0.352. The highest BCUT2D eigenvalue weighted by Gasteiger charge is 2.49. The predicted molar refractivity (Wildman–Crippen MR) is 68.5 cm³/mol. The summed E-state index contributed by atoms with van der Waals surface area (Å²) in [4.78, 5) is 11.1. The van der Waals surface area contributed by atoms with Crippen molar-refractivity contribution in [1.29, 1.82) is 0 Å². The van der Waals surface area contributed by atoms with Crippen LogP contribution in [0.25, 0.3) is 0 Å². The van der Waals surface area contributed by atoms with Gasteiger partial charge in [-0.1, -0.05) is 13.5 Å². The molecular formula is C9H22O5Si2. The lowest BCUT2D eigenvalue weighted by molar-refractivity contribution is -0.142. The minimum atomic E-state index is -2.92. The molecular weight excluding hydrogens is 244 g/mol. The van der Waals surface area contributed by atoms with E-state index in [0.717, 1.165) is 6.08 Å². The van der Waals surface area contributed by atoms with Gasteiger partial charge in [-0.2, -0.15) is 0 Å². The predicted octanol–water partition coefficient (Wildman–Crippen LogP) is -0.540. The number of carbonyl (C=O) groups excluding carboxylic acids is 1. The van der Waals surface area contributed by atoms with Crippen LogP contribution in [-0.4, -0.2) is 52.8 Å². The summed E-state index contributed by atoms with van der Waals surface area (Å²) >= 11 is 0. The Bertz CT molecular complexity index is 210. The number of hydrogen-bond donors (Lipinski definition) is 0. The molecule has 1 atom stereocenters. The second-order valence-electron chi connectivity index (χ2n) is 2.75. The van der Waals surface area contributed by atoms with E-state index in [2.05, 4.69) is 6.58 Å². The molecule has 0 fully saturated rings. The molecule has 0 aromatic rings. The van der Waals surface area contributed by atoms with E-state index in [4.69, 9.17) is 18.0 Å². The zero-order valence-electron chi connectivity index (χ0n) is 9.61. The summed E-state index contributed by atoms with van der Waals surface area (Å²) in [5, 5.41) is 0. The Hall–Kier alpha value is -0.476. The van der Waals surface area contributed by atoms with Crippen LogP contribution >= 0.6 is 0 Å². The fourth-order valence-corrected chi connectivity index (χ4v) is 3.29. The van der Waals surface area contributed by atoms with Gasteiger partial charge in [-0.05, 0) is 17.4 Å². The maximum atomic E-state index is 11.1. The third-order valence-corrected chi connectivity index (χ3v) is 5.07. The van der Waals surface area contributed by atoms with E-state index in [1.54, 1.807) is 0 Å². The van der Waals surface area contributed by atoms with Crippen LogP contribution in [0.3, 0.4) is 0 Å². The highest BCUT2D eigenvalue weighted by Crippen LogP contribution is 2.18. The van der Waals surface area contributed by atoms with Crippen LogP contribution in [0.5, 0.6) is 0 Å². The van der Waals surface area contributed by atoms with Crippen molar-refractivity contribution in [2.75, 3.05) is 21.3 Å². The SMILES string of the molecule is C=CC(=O)OC(CC)[Si](OC)(OC)OC.[SiH4]. The Labute approximate surface area is 102 Å². The minimum absolute atomic E-state index is 0. The van der Waals surface area contributed by atoms with Crippen LogP contribution in [0.2, 0.25) is 0 Å². The molecule has 0 saturated heterocycles. The molecule has 0 spiro atoms. The molecule has 0 bridgehead atoms. The molecule has 96 valence electrons. The van der Waals surface area contributed by atoms with Gasteiger partial charge >= 0.3 is 14.8 Å². The van der Waals surface area contributed by atoms with Crippen molar-refractivity contribution >= 4 is 25.7 Å². The van der Waals surface area contributed by atoms with Crippen molar-refractivity contribution in [1.82, 2.24) is 0 Å². The molecule has 0 aromatic heterocycles. The topological polar surface area (TPSA) is 54.0 Å². The molecule has 5 nitrogen and oxygen atoms in total. The van der Waals surface area contributed by atoms with Gasteiger partial charge in [0.05, 0.1) is 0 Å². The number of rotatable bonds is 7. The lowest BCUT2D eigenvalue weighted by Gasteiger charge is -2.30. The first-order chi connectivity index (χ1) is 7.10. The van der Waals surface area contributed by atoms with Crippen molar-refractivity contribution in [3.05, 3.63) is 12.7 Å². The Kier molecular flexibility index (Phi) is 9.68. The summed E-state index contributed by atoms with van der Waals surface area (Å²) < 4.78 is 20.8. The molecule has 0 aromatic carbocycles.